The number of benzene rings is 2. The summed E-state index contributed by atoms with van der Waals surface area (Å²) in [6.45, 7) is 0.693. The Balaban J connectivity index is 2.18. The van der Waals surface area contributed by atoms with Gasteiger partial charge in [0.05, 0.1) is 23.4 Å². The number of carbonyl (C=O) groups is 1. The molecule has 142 valence electrons. The molecule has 0 saturated carbocycles. The summed E-state index contributed by atoms with van der Waals surface area (Å²) in [6.07, 6.45) is 0. The molecule has 0 unspecified atom stereocenters. The Hall–Kier alpha value is -2.71. The molecule has 2 aromatic rings. The number of ether oxygens (including phenoxy) is 1. The molecule has 0 saturated heterocycles. The monoisotopic (exact) mass is 387 g/mol. The number of ketones is 1. The zero-order chi connectivity index (χ0) is 19.8. The van der Waals surface area contributed by atoms with Crippen molar-refractivity contribution in [3.05, 3.63) is 53.1 Å². The zero-order valence-corrected chi connectivity index (χ0v) is 16.2. The van der Waals surface area contributed by atoms with Crippen molar-refractivity contribution in [2.45, 2.75) is 9.79 Å². The van der Waals surface area contributed by atoms with Gasteiger partial charge in [-0.05, 0) is 36.4 Å². The molecular formula is C19H21N3O4S. The first-order chi connectivity index (χ1) is 12.8. The Morgan fingerprint density at radius 2 is 1.85 bits per heavy atom. The van der Waals surface area contributed by atoms with Gasteiger partial charge in [-0.1, -0.05) is 0 Å². The summed E-state index contributed by atoms with van der Waals surface area (Å²) >= 11 is 0. The lowest BCUT2D eigenvalue weighted by Gasteiger charge is -2.22. The minimum atomic E-state index is -3.84. The van der Waals surface area contributed by atoms with Crippen LogP contribution in [0, 0.1) is 0 Å². The summed E-state index contributed by atoms with van der Waals surface area (Å²) in [5.41, 5.74) is 7.03. The number of anilines is 1. The van der Waals surface area contributed by atoms with Gasteiger partial charge in [0.1, 0.15) is 0 Å². The van der Waals surface area contributed by atoms with Gasteiger partial charge >= 0.3 is 0 Å². The first-order valence-electron chi connectivity index (χ1n) is 8.35. The highest BCUT2D eigenvalue weighted by molar-refractivity contribution is 7.91. The summed E-state index contributed by atoms with van der Waals surface area (Å²) in [4.78, 5) is 18.9. The molecule has 0 amide bonds. The Bertz CT molecular complexity index is 1040. The van der Waals surface area contributed by atoms with E-state index in [-0.39, 0.29) is 32.6 Å². The van der Waals surface area contributed by atoms with E-state index < -0.39 is 9.84 Å². The van der Waals surface area contributed by atoms with Crippen LogP contribution in [0.4, 0.5) is 5.69 Å². The summed E-state index contributed by atoms with van der Waals surface area (Å²) in [7, 11) is 1.27. The standard InChI is InChI=1S/C19H21N3O4S/c1-22(2)13-5-7-16-15(11-13)18(23)14-6-4-12(10-17(14)27(16,24)25)19(26-3)21-9-8-20/h4-7,10-11H,8-9,20H2,1-3H3. The van der Waals surface area contributed by atoms with E-state index >= 15 is 0 Å². The number of fused-ring (bicyclic) bond motifs is 2. The second-order valence-electron chi connectivity index (χ2n) is 6.30. The van der Waals surface area contributed by atoms with Crippen LogP contribution in [0.15, 0.2) is 51.2 Å². The fraction of sp³-hybridized carbons (Fsp3) is 0.263. The lowest BCUT2D eigenvalue weighted by molar-refractivity contribution is 0.103. The Morgan fingerprint density at radius 3 is 2.48 bits per heavy atom. The van der Waals surface area contributed by atoms with Crippen LogP contribution in [0.1, 0.15) is 21.5 Å². The van der Waals surface area contributed by atoms with Crippen LogP contribution in [0.3, 0.4) is 0 Å². The highest BCUT2D eigenvalue weighted by atomic mass is 32.2. The SMILES string of the molecule is COC(=NCCN)c1ccc2c(c1)S(=O)(=O)c1ccc(N(C)C)cc1C2=O. The molecule has 1 heterocycles. The van der Waals surface area contributed by atoms with Crippen molar-refractivity contribution in [1.29, 1.82) is 0 Å². The second-order valence-corrected chi connectivity index (χ2v) is 8.18. The highest BCUT2D eigenvalue weighted by Gasteiger charge is 2.35. The summed E-state index contributed by atoms with van der Waals surface area (Å²) in [5, 5.41) is 0. The van der Waals surface area contributed by atoms with Crippen LogP contribution in [0.5, 0.6) is 0 Å². The molecule has 0 radical (unpaired) electrons. The highest BCUT2D eigenvalue weighted by Crippen LogP contribution is 2.36. The fourth-order valence-corrected chi connectivity index (χ4v) is 4.63. The minimum Gasteiger partial charge on any atom is -0.481 e. The molecular weight excluding hydrogens is 366 g/mol. The molecule has 0 bridgehead atoms. The number of methoxy groups -OCH3 is 1. The Labute approximate surface area is 158 Å². The van der Waals surface area contributed by atoms with E-state index in [0.29, 0.717) is 18.7 Å². The smallest absolute Gasteiger partial charge is 0.215 e. The number of hydrogen-bond acceptors (Lipinski definition) is 7. The maximum Gasteiger partial charge on any atom is 0.215 e. The molecule has 0 atom stereocenters. The molecule has 0 aliphatic carbocycles. The van der Waals surface area contributed by atoms with Crippen molar-refractivity contribution in [2.24, 2.45) is 10.7 Å². The van der Waals surface area contributed by atoms with E-state index in [9.17, 15) is 13.2 Å². The molecule has 0 spiro atoms. The van der Waals surface area contributed by atoms with Gasteiger partial charge in [-0.15, -0.1) is 0 Å². The molecule has 2 N–H and O–H groups in total. The van der Waals surface area contributed by atoms with E-state index in [1.54, 1.807) is 18.2 Å². The lowest BCUT2D eigenvalue weighted by Crippen LogP contribution is -2.22. The quantitative estimate of drug-likeness (QED) is 0.537. The number of nitrogens with two attached hydrogens (primary N) is 1. The van der Waals surface area contributed by atoms with E-state index in [0.717, 1.165) is 5.69 Å². The van der Waals surface area contributed by atoms with E-state index in [1.165, 1.54) is 25.3 Å². The molecule has 2 aromatic carbocycles. The maximum absolute atomic E-state index is 13.1. The number of sulfone groups is 1. The largest absolute Gasteiger partial charge is 0.481 e. The van der Waals surface area contributed by atoms with Crippen LogP contribution in [-0.4, -0.2) is 54.4 Å². The van der Waals surface area contributed by atoms with Gasteiger partial charge in [0.15, 0.2) is 5.78 Å². The third-order valence-corrected chi connectivity index (χ3v) is 6.21. The van der Waals surface area contributed by atoms with Gasteiger partial charge in [0.2, 0.25) is 15.7 Å². The van der Waals surface area contributed by atoms with Crippen LogP contribution >= 0.6 is 0 Å². The number of hydrogen-bond donors (Lipinski definition) is 1. The van der Waals surface area contributed by atoms with Gasteiger partial charge in [-0.2, -0.15) is 0 Å². The van der Waals surface area contributed by atoms with Crippen LogP contribution < -0.4 is 10.6 Å². The van der Waals surface area contributed by atoms with Crippen molar-refractivity contribution in [3.8, 4) is 0 Å². The van der Waals surface area contributed by atoms with Crippen LogP contribution in [0.2, 0.25) is 0 Å². The molecule has 3 rings (SSSR count). The van der Waals surface area contributed by atoms with Crippen molar-refractivity contribution in [1.82, 2.24) is 0 Å². The zero-order valence-electron chi connectivity index (χ0n) is 15.4. The number of aliphatic imine (C=N–C) groups is 1. The van der Waals surface area contributed by atoms with Crippen molar-refractivity contribution in [2.75, 3.05) is 39.2 Å². The summed E-state index contributed by atoms with van der Waals surface area (Å²) in [6, 6.07) is 9.34. The van der Waals surface area contributed by atoms with Gasteiger partial charge in [0.25, 0.3) is 0 Å². The van der Waals surface area contributed by atoms with E-state index in [1.807, 2.05) is 19.0 Å². The average molecular weight is 387 g/mol. The van der Waals surface area contributed by atoms with Gasteiger partial charge < -0.3 is 15.4 Å². The number of rotatable bonds is 4. The number of carbonyl (C=O) groups excluding carboxylic acids is 1. The Kier molecular flexibility index (Phi) is 5.03. The predicted octanol–water partition coefficient (Wildman–Crippen LogP) is 1.48. The lowest BCUT2D eigenvalue weighted by atomic mass is 10.0. The normalized spacial score (nSPS) is 15.1. The van der Waals surface area contributed by atoms with E-state index in [2.05, 4.69) is 4.99 Å². The maximum atomic E-state index is 13.1. The minimum absolute atomic E-state index is 0.0145. The molecule has 1 aliphatic rings. The molecule has 0 aromatic heterocycles. The van der Waals surface area contributed by atoms with Gasteiger partial charge in [-0.3, -0.25) is 4.79 Å². The van der Waals surface area contributed by atoms with Crippen molar-refractivity contribution in [3.63, 3.8) is 0 Å². The van der Waals surface area contributed by atoms with Crippen molar-refractivity contribution < 1.29 is 17.9 Å². The Morgan fingerprint density at radius 1 is 1.11 bits per heavy atom. The number of nitrogens with zero attached hydrogens (tertiary/aromatic N) is 2. The second kappa shape index (κ2) is 7.13. The summed E-state index contributed by atoms with van der Waals surface area (Å²) in [5.74, 6) is -0.0393. The third-order valence-electron chi connectivity index (χ3n) is 4.35. The molecule has 0 fully saturated rings. The topological polar surface area (TPSA) is 102 Å². The first-order valence-corrected chi connectivity index (χ1v) is 9.83. The predicted molar refractivity (Wildman–Crippen MR) is 104 cm³/mol. The first kappa shape index (κ1) is 19.1. The molecule has 27 heavy (non-hydrogen) atoms. The third kappa shape index (κ3) is 3.22. The fourth-order valence-electron chi connectivity index (χ4n) is 2.98. The van der Waals surface area contributed by atoms with Crippen LogP contribution in [-0.2, 0) is 14.6 Å². The molecule has 1 aliphatic heterocycles. The average Bonchev–Trinajstić information content (AvgIpc) is 2.66. The van der Waals surface area contributed by atoms with Gasteiger partial charge in [0, 0.05) is 43.0 Å². The molecule has 7 nitrogen and oxygen atoms in total. The van der Waals surface area contributed by atoms with Crippen LogP contribution in [0.25, 0.3) is 0 Å². The molecule has 8 heteroatoms. The summed E-state index contributed by atoms with van der Waals surface area (Å²) < 4.78 is 31.5. The van der Waals surface area contributed by atoms with Crippen molar-refractivity contribution >= 4 is 27.2 Å². The van der Waals surface area contributed by atoms with Gasteiger partial charge in [-0.25, -0.2) is 13.4 Å². The van der Waals surface area contributed by atoms with E-state index in [4.69, 9.17) is 10.5 Å².